The average molecular weight is 1310 g/mol. The fourth-order valence-electron chi connectivity index (χ4n) is 12.3. The second-order valence-electron chi connectivity index (χ2n) is 25.8. The van der Waals surface area contributed by atoms with Crippen molar-refractivity contribution in [3.8, 4) is 6.07 Å². The van der Waals surface area contributed by atoms with Crippen LogP contribution in [0.1, 0.15) is 135 Å². The van der Waals surface area contributed by atoms with Crippen LogP contribution in [0.2, 0.25) is 5.02 Å². The molecule has 23 nitrogen and oxygen atoms in total. The molecule has 92 heavy (non-hydrogen) atoms. The lowest BCUT2D eigenvalue weighted by Gasteiger charge is -2.39. The Morgan fingerprint density at radius 3 is 1.92 bits per heavy atom. The van der Waals surface area contributed by atoms with Crippen molar-refractivity contribution in [2.75, 3.05) is 68.5 Å². The summed E-state index contributed by atoms with van der Waals surface area (Å²) in [6, 6.07) is 3.22. The van der Waals surface area contributed by atoms with Crippen LogP contribution >= 0.6 is 11.6 Å². The highest BCUT2D eigenvalue weighted by Crippen LogP contribution is 2.36. The number of fused-ring (bicyclic) bond motifs is 1. The highest BCUT2D eigenvalue weighted by molar-refractivity contribution is 6.31. The summed E-state index contributed by atoms with van der Waals surface area (Å²) < 4.78 is 41.3. The largest absolute Gasteiger partial charge is 0.417 e. The Labute approximate surface area is 542 Å². The molecule has 3 aliphatic rings. The third-order valence-corrected chi connectivity index (χ3v) is 18.2. The second kappa shape index (κ2) is 32.6. The summed E-state index contributed by atoms with van der Waals surface area (Å²) in [5.74, 6) is -8.63. The molecule has 0 radical (unpaired) electrons. The van der Waals surface area contributed by atoms with E-state index in [1.165, 1.54) is 69.1 Å². The number of hydrogen-bond acceptors (Lipinski definition) is 12. The van der Waals surface area contributed by atoms with E-state index in [1.807, 2.05) is 20.8 Å². The van der Waals surface area contributed by atoms with E-state index in [2.05, 4.69) is 27.3 Å². The van der Waals surface area contributed by atoms with E-state index < -0.39 is 161 Å². The SMILES string of the molecule is CC[C@H](C)[C@@H]1NC(=O)[C@H](CC(C)C)N(C)C(=O)C[C@@H](C)NC(=O)[C@H](C(C)C)N(C)C(=O)C2(CCCC2)NC(=O)C2CCCN2C(=O)[C@H](CCc2ccc(C(F)(F)F)c(Cl)c2)NC(=O)CN(C)C(=O)[C@H](Cc2ccccc2C#N)N(C)C(=O)CN(C)C(=O)CN(C)C1=O. The normalized spacial score (nSPS) is 24.7. The van der Waals surface area contributed by atoms with Gasteiger partial charge in [0, 0.05) is 67.7 Å². The van der Waals surface area contributed by atoms with Gasteiger partial charge < -0.3 is 55.6 Å². The van der Waals surface area contributed by atoms with E-state index in [-0.39, 0.29) is 75.0 Å². The first-order valence-corrected chi connectivity index (χ1v) is 31.8. The summed E-state index contributed by atoms with van der Waals surface area (Å²) in [6.07, 6.45) is -3.16. The molecule has 5 rings (SSSR count). The summed E-state index contributed by atoms with van der Waals surface area (Å²) in [5, 5.41) is 20.9. The fraction of sp³-hybridized carbons (Fsp3) is 0.631. The van der Waals surface area contributed by atoms with Gasteiger partial charge in [0.2, 0.25) is 65.0 Å². The number of nitrogens with one attached hydrogen (secondary N) is 4. The maximum Gasteiger partial charge on any atom is 0.417 e. The number of nitrogens with zero attached hydrogens (tertiary/aromatic N) is 8. The monoisotopic (exact) mass is 1310 g/mol. The third kappa shape index (κ3) is 18.9. The molecule has 0 aromatic heterocycles. The molecule has 3 fully saturated rings. The highest BCUT2D eigenvalue weighted by Gasteiger charge is 2.49. The zero-order valence-corrected chi connectivity index (χ0v) is 56.0. The molecule has 2 aromatic carbocycles. The maximum atomic E-state index is 15.0. The zero-order chi connectivity index (χ0) is 68.9. The quantitative estimate of drug-likeness (QED) is 0.259. The lowest BCUT2D eigenvalue weighted by atomic mass is 9.92. The van der Waals surface area contributed by atoms with Crippen LogP contribution in [0.25, 0.3) is 0 Å². The number of hydrogen-bond donors (Lipinski definition) is 4. The van der Waals surface area contributed by atoms with Gasteiger partial charge in [0.25, 0.3) is 0 Å². The molecule has 8 atom stereocenters. The van der Waals surface area contributed by atoms with Crippen LogP contribution in [0.15, 0.2) is 42.5 Å². The summed E-state index contributed by atoms with van der Waals surface area (Å²) in [7, 11) is 8.17. The maximum absolute atomic E-state index is 15.0. The van der Waals surface area contributed by atoms with E-state index in [1.54, 1.807) is 45.9 Å². The standard InChI is InChI=1S/C65H92ClF3N12O11/c1-14-40(6)55-62(91)77(10)36-53(84)75(8)37-54(85)79(12)50(33-43-20-15-16-21-44(43)34-70)61(90)76(9)35-51(82)72-47(26-24-42-23-25-45(46(66)32-42)65(67,68)69)60(89)81-29-19-22-48(81)58(87)74-64(27-17-18-28-64)63(92)80(13)56(39(4)5)59(88)71-41(7)31-52(83)78(11)49(30-38(2)3)57(86)73-55/h15-16,20-21,23,25,32,38-41,47-50,55-56H,14,17-19,22,24,26-31,33,35-37H2,1-13H3,(H,71,88)(H,72,82)(H,73,86)(H,74,87)/t40-,41+,47-,48?,49-,50-,55-,56-/m0/s1. The molecule has 27 heteroatoms. The van der Waals surface area contributed by atoms with Crippen LogP contribution in [-0.2, 0) is 71.8 Å². The molecule has 1 unspecified atom stereocenters. The van der Waals surface area contributed by atoms with E-state index >= 15 is 4.79 Å². The number of aryl methyl sites for hydroxylation is 1. The van der Waals surface area contributed by atoms with Gasteiger partial charge in [-0.2, -0.15) is 18.4 Å². The number of carbonyl (C=O) groups excluding carboxylic acids is 11. The van der Waals surface area contributed by atoms with Crippen molar-refractivity contribution in [2.45, 2.75) is 180 Å². The number of alkyl halides is 3. The molecule has 11 amide bonds. The molecular weight excluding hydrogens is 1220 g/mol. The van der Waals surface area contributed by atoms with Gasteiger partial charge in [0.15, 0.2) is 0 Å². The smallest absolute Gasteiger partial charge is 0.351 e. The lowest BCUT2D eigenvalue weighted by molar-refractivity contribution is -0.149. The first kappa shape index (κ1) is 74.9. The molecule has 2 aliphatic heterocycles. The van der Waals surface area contributed by atoms with Crippen LogP contribution in [0.3, 0.4) is 0 Å². The first-order valence-electron chi connectivity index (χ1n) is 31.5. The van der Waals surface area contributed by atoms with Crippen molar-refractivity contribution in [2.24, 2.45) is 17.8 Å². The van der Waals surface area contributed by atoms with Crippen LogP contribution in [0, 0.1) is 29.1 Å². The van der Waals surface area contributed by atoms with Gasteiger partial charge in [-0.05, 0) is 98.9 Å². The topological polar surface area (TPSA) is 282 Å². The minimum atomic E-state index is -4.77. The summed E-state index contributed by atoms with van der Waals surface area (Å²) in [4.78, 5) is 168. The number of amides is 11. The van der Waals surface area contributed by atoms with Crippen molar-refractivity contribution >= 4 is 76.6 Å². The van der Waals surface area contributed by atoms with Crippen LogP contribution < -0.4 is 21.3 Å². The van der Waals surface area contributed by atoms with Crippen molar-refractivity contribution in [1.29, 1.82) is 5.26 Å². The number of carbonyl (C=O) groups is 11. The van der Waals surface area contributed by atoms with E-state index in [4.69, 9.17) is 11.6 Å². The number of rotatable bonds is 10. The number of likely N-dealkylation sites (N-methyl/N-ethyl adjacent to an activating group) is 6. The third-order valence-electron chi connectivity index (χ3n) is 17.9. The van der Waals surface area contributed by atoms with Crippen molar-refractivity contribution < 1.29 is 65.9 Å². The number of halogens is 4. The molecule has 4 N–H and O–H groups in total. The van der Waals surface area contributed by atoms with Crippen molar-refractivity contribution in [3.05, 3.63) is 69.7 Å². The molecule has 506 valence electrons. The van der Waals surface area contributed by atoms with Gasteiger partial charge in [-0.3, -0.25) is 52.7 Å². The fourth-order valence-corrected chi connectivity index (χ4v) is 12.6. The van der Waals surface area contributed by atoms with Gasteiger partial charge in [0.05, 0.1) is 41.9 Å². The van der Waals surface area contributed by atoms with Gasteiger partial charge in [0.1, 0.15) is 41.8 Å². The predicted molar refractivity (Wildman–Crippen MR) is 336 cm³/mol. The Bertz CT molecular complexity index is 3100. The van der Waals surface area contributed by atoms with Crippen LogP contribution in [-0.4, -0.2) is 216 Å². The molecular formula is C65H92ClF3N12O11. The average Bonchev–Trinajstić information content (AvgIpc) is 1.52. The Hall–Kier alpha value is -7.82. The predicted octanol–water partition coefficient (Wildman–Crippen LogP) is 4.31. The van der Waals surface area contributed by atoms with E-state index in [0.29, 0.717) is 31.2 Å². The molecule has 1 saturated carbocycles. The Morgan fingerprint density at radius 2 is 1.33 bits per heavy atom. The van der Waals surface area contributed by atoms with Gasteiger partial charge in [-0.25, -0.2) is 0 Å². The first-order chi connectivity index (χ1) is 43.1. The minimum absolute atomic E-state index is 0.0206. The van der Waals surface area contributed by atoms with Gasteiger partial charge in [-0.1, -0.05) is 96.7 Å². The molecule has 2 saturated heterocycles. The molecule has 1 spiro atoms. The summed E-state index contributed by atoms with van der Waals surface area (Å²) in [5.41, 5.74) is -1.80. The lowest BCUT2D eigenvalue weighted by Crippen LogP contribution is -2.64. The van der Waals surface area contributed by atoms with E-state index in [0.717, 1.165) is 31.7 Å². The highest BCUT2D eigenvalue weighted by atomic mass is 35.5. The molecule has 1 aliphatic carbocycles. The molecule has 2 heterocycles. The van der Waals surface area contributed by atoms with Crippen LogP contribution in [0.4, 0.5) is 13.2 Å². The zero-order valence-electron chi connectivity index (χ0n) is 55.2. The van der Waals surface area contributed by atoms with E-state index in [9.17, 15) is 66.4 Å². The Morgan fingerprint density at radius 1 is 0.707 bits per heavy atom. The summed E-state index contributed by atoms with van der Waals surface area (Å²) in [6.45, 7) is 10.5. The number of nitriles is 1. The Kier molecular flexibility index (Phi) is 26.6. The van der Waals surface area contributed by atoms with Crippen molar-refractivity contribution in [1.82, 2.24) is 55.6 Å². The minimum Gasteiger partial charge on any atom is -0.351 e. The summed E-state index contributed by atoms with van der Waals surface area (Å²) >= 11 is 6.10. The van der Waals surface area contributed by atoms with Crippen LogP contribution in [0.5, 0.6) is 0 Å². The molecule has 0 bridgehead atoms. The van der Waals surface area contributed by atoms with Gasteiger partial charge in [-0.15, -0.1) is 0 Å². The van der Waals surface area contributed by atoms with Crippen molar-refractivity contribution in [3.63, 3.8) is 0 Å². The van der Waals surface area contributed by atoms with Gasteiger partial charge >= 0.3 is 6.18 Å². The second-order valence-corrected chi connectivity index (χ2v) is 26.2. The number of benzene rings is 2. The Balaban J connectivity index is 1.57. The molecule has 2 aromatic rings.